The van der Waals surface area contributed by atoms with Crippen LogP contribution in [0.4, 0.5) is 0 Å². The van der Waals surface area contributed by atoms with Gasteiger partial charge in [-0.15, -0.1) is 0 Å². The molecule has 0 radical (unpaired) electrons. The molecule has 0 amide bonds. The molecule has 0 aliphatic heterocycles. The summed E-state index contributed by atoms with van der Waals surface area (Å²) in [7, 11) is 0. The van der Waals surface area contributed by atoms with Crippen molar-refractivity contribution < 1.29 is 0 Å². The maximum Gasteiger partial charge on any atom is 0.0207 e. The largest absolute Gasteiger partial charge is 0.330 e. The second-order valence-electron chi connectivity index (χ2n) is 2.62. The van der Waals surface area contributed by atoms with Crippen LogP contribution in [0.2, 0.25) is 0 Å². The van der Waals surface area contributed by atoms with Crippen molar-refractivity contribution in [1.82, 2.24) is 0 Å². The van der Waals surface area contributed by atoms with Crippen LogP contribution in [0.25, 0.3) is 0 Å². The highest BCUT2D eigenvalue weighted by atomic mass is 79.9. The minimum atomic E-state index is 0.718. The van der Waals surface area contributed by atoms with E-state index in [2.05, 4.69) is 41.1 Å². The average Bonchev–Trinajstić information content (AvgIpc) is 1.98. The van der Waals surface area contributed by atoms with E-state index in [1.807, 2.05) is 0 Å². The van der Waals surface area contributed by atoms with Crippen molar-refractivity contribution in [3.05, 3.63) is 33.8 Å². The molecule has 0 fully saturated rings. The van der Waals surface area contributed by atoms with Crippen LogP contribution in [-0.2, 0) is 6.42 Å². The van der Waals surface area contributed by atoms with Gasteiger partial charge in [-0.2, -0.15) is 0 Å². The Labute approximate surface area is 75.7 Å². The summed E-state index contributed by atoms with van der Waals surface area (Å²) in [6, 6.07) is 6.35. The number of hydrogen-bond acceptors (Lipinski definition) is 1. The standard InChI is InChI=1S/C9H12BrN/c1-7-2-3-8(4-5-11)6-9(7)10/h2-3,6H,4-5,11H2,1H3. The lowest BCUT2D eigenvalue weighted by Gasteiger charge is -2.01. The second-order valence-corrected chi connectivity index (χ2v) is 3.48. The summed E-state index contributed by atoms with van der Waals surface area (Å²) in [5.41, 5.74) is 8.00. The Bertz CT molecular complexity index is 245. The third kappa shape index (κ3) is 2.31. The molecule has 2 N–H and O–H groups in total. The molecule has 0 saturated carbocycles. The van der Waals surface area contributed by atoms with Gasteiger partial charge in [-0.05, 0) is 37.1 Å². The van der Waals surface area contributed by atoms with E-state index in [1.54, 1.807) is 0 Å². The normalized spacial score (nSPS) is 10.1. The number of aryl methyl sites for hydroxylation is 1. The molecule has 1 nitrogen and oxygen atoms in total. The smallest absolute Gasteiger partial charge is 0.0207 e. The first-order valence-corrected chi connectivity index (χ1v) is 4.48. The lowest BCUT2D eigenvalue weighted by molar-refractivity contribution is 0.966. The quantitative estimate of drug-likeness (QED) is 0.802. The number of rotatable bonds is 2. The molecule has 0 atom stereocenters. The van der Waals surface area contributed by atoms with Crippen molar-refractivity contribution >= 4 is 15.9 Å². The highest BCUT2D eigenvalue weighted by molar-refractivity contribution is 9.10. The Morgan fingerprint density at radius 3 is 2.73 bits per heavy atom. The minimum absolute atomic E-state index is 0.718. The second kappa shape index (κ2) is 3.88. The van der Waals surface area contributed by atoms with E-state index in [0.717, 1.165) is 13.0 Å². The predicted molar refractivity (Wildman–Crippen MR) is 51.6 cm³/mol. The third-order valence-corrected chi connectivity index (χ3v) is 2.52. The molecule has 1 rings (SSSR count). The van der Waals surface area contributed by atoms with Gasteiger partial charge < -0.3 is 5.73 Å². The third-order valence-electron chi connectivity index (χ3n) is 1.67. The SMILES string of the molecule is Cc1ccc(CCN)cc1Br. The highest BCUT2D eigenvalue weighted by Crippen LogP contribution is 2.17. The zero-order valence-corrected chi connectivity index (χ0v) is 8.19. The van der Waals surface area contributed by atoms with E-state index in [-0.39, 0.29) is 0 Å². The zero-order chi connectivity index (χ0) is 8.27. The van der Waals surface area contributed by atoms with Crippen LogP contribution >= 0.6 is 15.9 Å². The summed E-state index contributed by atoms with van der Waals surface area (Å²) in [5, 5.41) is 0. The van der Waals surface area contributed by atoms with E-state index in [1.165, 1.54) is 15.6 Å². The van der Waals surface area contributed by atoms with Crippen molar-refractivity contribution in [1.29, 1.82) is 0 Å². The first kappa shape index (κ1) is 8.75. The Hall–Kier alpha value is -0.340. The molecule has 0 aromatic heterocycles. The number of hydrogen-bond donors (Lipinski definition) is 1. The monoisotopic (exact) mass is 213 g/mol. The van der Waals surface area contributed by atoms with Gasteiger partial charge in [-0.25, -0.2) is 0 Å². The van der Waals surface area contributed by atoms with E-state index in [9.17, 15) is 0 Å². The molecule has 0 spiro atoms. The lowest BCUT2D eigenvalue weighted by atomic mass is 10.1. The van der Waals surface area contributed by atoms with E-state index < -0.39 is 0 Å². The summed E-state index contributed by atoms with van der Waals surface area (Å²) >= 11 is 3.48. The first-order chi connectivity index (χ1) is 5.24. The molecule has 0 heterocycles. The van der Waals surface area contributed by atoms with Gasteiger partial charge in [0, 0.05) is 4.47 Å². The van der Waals surface area contributed by atoms with Gasteiger partial charge >= 0.3 is 0 Å². The fraction of sp³-hybridized carbons (Fsp3) is 0.333. The summed E-state index contributed by atoms with van der Waals surface area (Å²) in [6.45, 7) is 2.80. The fourth-order valence-corrected chi connectivity index (χ4v) is 1.38. The van der Waals surface area contributed by atoms with Crippen molar-refractivity contribution in [2.24, 2.45) is 5.73 Å². The van der Waals surface area contributed by atoms with Crippen LogP contribution in [0.5, 0.6) is 0 Å². The summed E-state index contributed by atoms with van der Waals surface area (Å²) in [4.78, 5) is 0. The molecule has 0 unspecified atom stereocenters. The van der Waals surface area contributed by atoms with Crippen LogP contribution < -0.4 is 5.73 Å². The number of nitrogens with two attached hydrogens (primary N) is 1. The molecule has 11 heavy (non-hydrogen) atoms. The molecule has 60 valence electrons. The van der Waals surface area contributed by atoms with Gasteiger partial charge in [0.1, 0.15) is 0 Å². The summed E-state index contributed by atoms with van der Waals surface area (Å²) in [5.74, 6) is 0. The van der Waals surface area contributed by atoms with Crippen molar-refractivity contribution in [2.75, 3.05) is 6.54 Å². The first-order valence-electron chi connectivity index (χ1n) is 3.69. The van der Waals surface area contributed by atoms with Gasteiger partial charge in [0.2, 0.25) is 0 Å². The van der Waals surface area contributed by atoms with Crippen LogP contribution in [0.15, 0.2) is 22.7 Å². The Balaban J connectivity index is 2.86. The number of halogens is 1. The predicted octanol–water partition coefficient (Wildman–Crippen LogP) is 2.26. The van der Waals surface area contributed by atoms with Crippen LogP contribution in [-0.4, -0.2) is 6.54 Å². The van der Waals surface area contributed by atoms with E-state index in [4.69, 9.17) is 5.73 Å². The van der Waals surface area contributed by atoms with Gasteiger partial charge in [0.05, 0.1) is 0 Å². The Morgan fingerprint density at radius 1 is 1.45 bits per heavy atom. The molecule has 1 aromatic carbocycles. The average molecular weight is 214 g/mol. The molecule has 0 bridgehead atoms. The summed E-state index contributed by atoms with van der Waals surface area (Å²) < 4.78 is 1.17. The van der Waals surface area contributed by atoms with Crippen LogP contribution in [0, 0.1) is 6.92 Å². The molecule has 1 aromatic rings. The Morgan fingerprint density at radius 2 is 2.18 bits per heavy atom. The van der Waals surface area contributed by atoms with Crippen LogP contribution in [0.1, 0.15) is 11.1 Å². The van der Waals surface area contributed by atoms with Crippen molar-refractivity contribution in [3.8, 4) is 0 Å². The number of benzene rings is 1. The minimum Gasteiger partial charge on any atom is -0.330 e. The molecule has 0 aliphatic rings. The molecule has 0 aliphatic carbocycles. The fourth-order valence-electron chi connectivity index (χ4n) is 0.959. The van der Waals surface area contributed by atoms with Gasteiger partial charge in [-0.3, -0.25) is 0 Å². The van der Waals surface area contributed by atoms with Gasteiger partial charge in [0.15, 0.2) is 0 Å². The van der Waals surface area contributed by atoms with Gasteiger partial charge in [0.25, 0.3) is 0 Å². The Kier molecular flexibility index (Phi) is 3.09. The molecular formula is C9H12BrN. The van der Waals surface area contributed by atoms with E-state index >= 15 is 0 Å². The summed E-state index contributed by atoms with van der Waals surface area (Å²) in [6.07, 6.45) is 0.957. The van der Waals surface area contributed by atoms with Gasteiger partial charge in [-0.1, -0.05) is 28.1 Å². The zero-order valence-electron chi connectivity index (χ0n) is 6.60. The maximum atomic E-state index is 5.43. The van der Waals surface area contributed by atoms with Crippen molar-refractivity contribution in [2.45, 2.75) is 13.3 Å². The maximum absolute atomic E-state index is 5.43. The molecular weight excluding hydrogens is 202 g/mol. The van der Waals surface area contributed by atoms with Crippen LogP contribution in [0.3, 0.4) is 0 Å². The molecule has 2 heteroatoms. The highest BCUT2D eigenvalue weighted by Gasteiger charge is 1.95. The lowest BCUT2D eigenvalue weighted by Crippen LogP contribution is -2.02. The van der Waals surface area contributed by atoms with E-state index in [0.29, 0.717) is 0 Å². The molecule has 0 saturated heterocycles. The topological polar surface area (TPSA) is 26.0 Å². The van der Waals surface area contributed by atoms with Crippen molar-refractivity contribution in [3.63, 3.8) is 0 Å².